The normalized spacial score (nSPS) is 8.75. The highest BCUT2D eigenvalue weighted by atomic mass is 16.6. The van der Waals surface area contributed by atoms with Crippen molar-refractivity contribution < 1.29 is 19.1 Å². The lowest BCUT2D eigenvalue weighted by Crippen LogP contribution is -2.13. The van der Waals surface area contributed by atoms with Crippen LogP contribution < -0.4 is 0 Å². The summed E-state index contributed by atoms with van der Waals surface area (Å²) in [7, 11) is 0. The van der Waals surface area contributed by atoms with Crippen molar-refractivity contribution in [3.63, 3.8) is 0 Å². The number of Topliss-reactive ketones (excluding diaryl/α,β-unsaturated/α-hetero) is 1. The highest BCUT2D eigenvalue weighted by molar-refractivity contribution is 5.98. The average molecular weight is 170 g/mol. The van der Waals surface area contributed by atoms with Crippen molar-refractivity contribution in [3.8, 4) is 0 Å². The van der Waals surface area contributed by atoms with Crippen molar-refractivity contribution in [3.05, 3.63) is 12.7 Å². The van der Waals surface area contributed by atoms with Crippen molar-refractivity contribution in [1.29, 1.82) is 0 Å². The topological polar surface area (TPSA) is 60.4 Å². The van der Waals surface area contributed by atoms with Crippen LogP contribution in [0.3, 0.4) is 0 Å². The quantitative estimate of drug-likeness (QED) is 0.352. The van der Waals surface area contributed by atoms with Gasteiger partial charge >= 0.3 is 11.9 Å². The van der Waals surface area contributed by atoms with Crippen LogP contribution in [0.5, 0.6) is 0 Å². The zero-order valence-corrected chi connectivity index (χ0v) is 6.83. The first-order valence-electron chi connectivity index (χ1n) is 3.40. The van der Waals surface area contributed by atoms with Crippen LogP contribution in [0.4, 0.5) is 0 Å². The first kappa shape index (κ1) is 10.6. The summed E-state index contributed by atoms with van der Waals surface area (Å²) in [4.78, 5) is 31.6. The van der Waals surface area contributed by atoms with Gasteiger partial charge in [0.05, 0.1) is 6.42 Å². The van der Waals surface area contributed by atoms with Gasteiger partial charge in [-0.1, -0.05) is 6.08 Å². The zero-order valence-electron chi connectivity index (χ0n) is 6.83. The Bertz CT molecular complexity index is 217. The van der Waals surface area contributed by atoms with Crippen LogP contribution in [0.1, 0.15) is 19.8 Å². The molecule has 0 spiro atoms. The molecule has 4 heteroatoms. The maximum absolute atomic E-state index is 10.6. The van der Waals surface area contributed by atoms with E-state index in [1.807, 2.05) is 0 Å². The Balaban J connectivity index is 3.76. The van der Waals surface area contributed by atoms with Crippen LogP contribution in [0.15, 0.2) is 12.7 Å². The summed E-state index contributed by atoms with van der Waals surface area (Å²) in [5, 5.41) is 0. The van der Waals surface area contributed by atoms with Crippen LogP contribution in [-0.4, -0.2) is 17.7 Å². The van der Waals surface area contributed by atoms with Gasteiger partial charge in [0.2, 0.25) is 0 Å². The molecule has 0 bridgehead atoms. The Morgan fingerprint density at radius 3 is 2.33 bits per heavy atom. The van der Waals surface area contributed by atoms with E-state index >= 15 is 0 Å². The number of ketones is 1. The largest absolute Gasteiger partial charge is 0.393 e. The number of carbonyl (C=O) groups excluding carboxylic acids is 3. The molecule has 0 aromatic carbocycles. The molecule has 0 aliphatic heterocycles. The third kappa shape index (κ3) is 5.34. The Labute approximate surface area is 70.2 Å². The lowest BCUT2D eigenvalue weighted by Gasteiger charge is -1.97. The summed E-state index contributed by atoms with van der Waals surface area (Å²) in [5.41, 5.74) is 0. The van der Waals surface area contributed by atoms with Crippen molar-refractivity contribution in [2.75, 3.05) is 0 Å². The summed E-state index contributed by atoms with van der Waals surface area (Å²) >= 11 is 0. The fraction of sp³-hybridized carbons (Fsp3) is 0.375. The van der Waals surface area contributed by atoms with Crippen LogP contribution >= 0.6 is 0 Å². The summed E-state index contributed by atoms with van der Waals surface area (Å²) in [6, 6.07) is 0. The lowest BCUT2D eigenvalue weighted by atomic mass is 10.3. The molecule has 0 rings (SSSR count). The van der Waals surface area contributed by atoms with E-state index in [4.69, 9.17) is 0 Å². The molecule has 0 fully saturated rings. The van der Waals surface area contributed by atoms with Crippen molar-refractivity contribution >= 4 is 17.7 Å². The minimum Gasteiger partial charge on any atom is -0.393 e. The van der Waals surface area contributed by atoms with Gasteiger partial charge in [-0.2, -0.15) is 0 Å². The van der Waals surface area contributed by atoms with Crippen molar-refractivity contribution in [1.82, 2.24) is 0 Å². The predicted octanol–water partition coefficient (Wildman–Crippen LogP) is 0.611. The molecule has 0 radical (unpaired) electrons. The summed E-state index contributed by atoms with van der Waals surface area (Å²) in [5.74, 6) is -1.82. The molecule has 0 saturated heterocycles. The van der Waals surface area contributed by atoms with Gasteiger partial charge in [0.1, 0.15) is 12.2 Å². The number of carbonyl (C=O) groups is 3. The van der Waals surface area contributed by atoms with E-state index in [1.54, 1.807) is 0 Å². The molecule has 0 saturated carbocycles. The van der Waals surface area contributed by atoms with E-state index in [2.05, 4.69) is 11.3 Å². The second kappa shape index (κ2) is 5.23. The molecule has 66 valence electrons. The highest BCUT2D eigenvalue weighted by Crippen LogP contribution is 1.92. The number of hydrogen-bond acceptors (Lipinski definition) is 4. The van der Waals surface area contributed by atoms with Gasteiger partial charge in [-0.25, -0.2) is 0 Å². The summed E-state index contributed by atoms with van der Waals surface area (Å²) in [6.07, 6.45) is 0.940. The second-order valence-electron chi connectivity index (χ2n) is 2.22. The third-order valence-electron chi connectivity index (χ3n) is 0.932. The standard InChI is InChI=1S/C8H10O4/c1-3-4-7(10)12-8(11)5-6(2)9/h3H,1,4-5H2,2H3. The third-order valence-corrected chi connectivity index (χ3v) is 0.932. The number of hydrogen-bond donors (Lipinski definition) is 0. The van der Waals surface area contributed by atoms with Gasteiger partial charge in [-0.05, 0) is 6.92 Å². The van der Waals surface area contributed by atoms with Crippen LogP contribution in [0.25, 0.3) is 0 Å². The Kier molecular flexibility index (Phi) is 4.60. The van der Waals surface area contributed by atoms with E-state index in [0.29, 0.717) is 0 Å². The van der Waals surface area contributed by atoms with Gasteiger partial charge in [0.15, 0.2) is 0 Å². The molecule has 0 amide bonds. The van der Waals surface area contributed by atoms with Gasteiger partial charge in [-0.3, -0.25) is 14.4 Å². The van der Waals surface area contributed by atoms with Crippen LogP contribution in [0.2, 0.25) is 0 Å². The van der Waals surface area contributed by atoms with E-state index < -0.39 is 11.9 Å². The van der Waals surface area contributed by atoms with Crippen molar-refractivity contribution in [2.24, 2.45) is 0 Å². The predicted molar refractivity (Wildman–Crippen MR) is 41.2 cm³/mol. The first-order valence-corrected chi connectivity index (χ1v) is 3.40. The second-order valence-corrected chi connectivity index (χ2v) is 2.22. The molecular formula is C8H10O4. The molecule has 0 aromatic rings. The smallest absolute Gasteiger partial charge is 0.320 e. The summed E-state index contributed by atoms with van der Waals surface area (Å²) < 4.78 is 4.23. The molecule has 0 aromatic heterocycles. The van der Waals surface area contributed by atoms with Gasteiger partial charge < -0.3 is 4.74 Å². The maximum Gasteiger partial charge on any atom is 0.320 e. The molecule has 0 N–H and O–H groups in total. The monoisotopic (exact) mass is 170 g/mol. The molecule has 0 unspecified atom stereocenters. The first-order chi connectivity index (χ1) is 5.56. The van der Waals surface area contributed by atoms with Gasteiger partial charge in [0.25, 0.3) is 0 Å². The van der Waals surface area contributed by atoms with Crippen LogP contribution in [0, 0.1) is 0 Å². The Hall–Kier alpha value is -1.45. The molecule has 12 heavy (non-hydrogen) atoms. The molecule has 0 aliphatic carbocycles. The molecule has 0 atom stereocenters. The lowest BCUT2D eigenvalue weighted by molar-refractivity contribution is -0.159. The minimum atomic E-state index is -0.811. The number of ether oxygens (including phenoxy) is 1. The Morgan fingerprint density at radius 1 is 1.33 bits per heavy atom. The average Bonchev–Trinajstić information content (AvgIpc) is 1.84. The zero-order chi connectivity index (χ0) is 9.56. The van der Waals surface area contributed by atoms with Crippen molar-refractivity contribution in [2.45, 2.75) is 19.8 Å². The SMILES string of the molecule is C=CCC(=O)OC(=O)CC(C)=O. The van der Waals surface area contributed by atoms with Crippen LogP contribution in [-0.2, 0) is 19.1 Å². The molecule has 0 aliphatic rings. The number of esters is 2. The molecule has 0 heterocycles. The van der Waals surface area contributed by atoms with E-state index in [1.165, 1.54) is 13.0 Å². The molecular weight excluding hydrogens is 160 g/mol. The maximum atomic E-state index is 10.6. The summed E-state index contributed by atoms with van der Waals surface area (Å²) in [6.45, 7) is 4.54. The minimum absolute atomic E-state index is 0.0242. The fourth-order valence-corrected chi connectivity index (χ4v) is 0.526. The highest BCUT2D eigenvalue weighted by Gasteiger charge is 2.10. The van der Waals surface area contributed by atoms with E-state index in [0.717, 1.165) is 0 Å². The van der Waals surface area contributed by atoms with E-state index in [9.17, 15) is 14.4 Å². The van der Waals surface area contributed by atoms with E-state index in [-0.39, 0.29) is 18.6 Å². The van der Waals surface area contributed by atoms with Gasteiger partial charge in [-0.15, -0.1) is 6.58 Å². The number of rotatable bonds is 4. The Morgan fingerprint density at radius 2 is 1.92 bits per heavy atom. The fourth-order valence-electron chi connectivity index (χ4n) is 0.526. The van der Waals surface area contributed by atoms with Gasteiger partial charge in [0, 0.05) is 0 Å². The molecule has 4 nitrogen and oxygen atoms in total.